The summed E-state index contributed by atoms with van der Waals surface area (Å²) >= 11 is 6.97. The minimum atomic E-state index is -1.35. The molecule has 0 aliphatic carbocycles. The number of hydrogen-bond donors (Lipinski definition) is 3. The SMILES string of the molecule is CSC1O[C@H](CO)[C@H](O)[C@H](O)[C@H]1OC(=O)c1ccc(Cl)cc1. The van der Waals surface area contributed by atoms with Crippen molar-refractivity contribution < 1.29 is 29.6 Å². The third-order valence-electron chi connectivity index (χ3n) is 3.38. The molecule has 6 nitrogen and oxygen atoms in total. The van der Waals surface area contributed by atoms with Crippen LogP contribution in [0.15, 0.2) is 24.3 Å². The lowest BCUT2D eigenvalue weighted by Crippen LogP contribution is -2.58. The molecule has 1 aromatic carbocycles. The van der Waals surface area contributed by atoms with Gasteiger partial charge in [-0.05, 0) is 30.5 Å². The second-order valence-electron chi connectivity index (χ2n) is 4.82. The Bertz CT molecular complexity index is 509. The Morgan fingerprint density at radius 2 is 1.95 bits per heavy atom. The van der Waals surface area contributed by atoms with E-state index < -0.39 is 42.4 Å². The number of aliphatic hydroxyl groups is 3. The van der Waals surface area contributed by atoms with Gasteiger partial charge < -0.3 is 24.8 Å². The molecule has 0 amide bonds. The summed E-state index contributed by atoms with van der Waals surface area (Å²) in [4.78, 5) is 12.1. The molecule has 0 aromatic heterocycles. The molecule has 5 atom stereocenters. The number of hydrogen-bond acceptors (Lipinski definition) is 7. The van der Waals surface area contributed by atoms with Crippen LogP contribution in [0.2, 0.25) is 5.02 Å². The standard InChI is InChI=1S/C14H17ClO6S/c1-22-14-12(11(18)10(17)9(6-16)20-14)21-13(19)7-2-4-8(15)5-3-7/h2-5,9-12,14,16-18H,6H2,1H3/t9-,10+,11+,12-,14?/m1/s1. The van der Waals surface area contributed by atoms with Crippen molar-refractivity contribution in [2.24, 2.45) is 0 Å². The highest BCUT2D eigenvalue weighted by Gasteiger charge is 2.46. The summed E-state index contributed by atoms with van der Waals surface area (Å²) in [6.45, 7) is -0.437. The van der Waals surface area contributed by atoms with Crippen LogP contribution in [-0.2, 0) is 9.47 Å². The van der Waals surface area contributed by atoms with Crippen LogP contribution in [-0.4, -0.2) is 64.0 Å². The van der Waals surface area contributed by atoms with E-state index in [1.54, 1.807) is 18.4 Å². The number of halogens is 1. The Morgan fingerprint density at radius 1 is 1.32 bits per heavy atom. The maximum Gasteiger partial charge on any atom is 0.338 e. The van der Waals surface area contributed by atoms with E-state index in [0.29, 0.717) is 5.02 Å². The van der Waals surface area contributed by atoms with Crippen molar-refractivity contribution in [1.29, 1.82) is 0 Å². The average molecular weight is 349 g/mol. The van der Waals surface area contributed by atoms with Gasteiger partial charge in [0.05, 0.1) is 12.2 Å². The maximum absolute atomic E-state index is 12.1. The summed E-state index contributed by atoms with van der Waals surface area (Å²) in [5.74, 6) is -0.655. The molecule has 1 fully saturated rings. The molecule has 1 heterocycles. The number of ether oxygens (including phenoxy) is 2. The molecule has 0 spiro atoms. The summed E-state index contributed by atoms with van der Waals surface area (Å²) in [6, 6.07) is 6.10. The number of thioether (sulfide) groups is 1. The molecule has 3 N–H and O–H groups in total. The van der Waals surface area contributed by atoms with Crippen molar-refractivity contribution in [2.75, 3.05) is 12.9 Å². The van der Waals surface area contributed by atoms with Gasteiger partial charge in [-0.1, -0.05) is 11.6 Å². The van der Waals surface area contributed by atoms with Crippen LogP contribution in [0.4, 0.5) is 0 Å². The van der Waals surface area contributed by atoms with E-state index in [2.05, 4.69) is 0 Å². The van der Waals surface area contributed by atoms with E-state index in [9.17, 15) is 15.0 Å². The Labute approximate surface area is 137 Å². The molecular weight excluding hydrogens is 332 g/mol. The van der Waals surface area contributed by atoms with E-state index in [0.717, 1.165) is 0 Å². The molecular formula is C14H17ClO6S. The van der Waals surface area contributed by atoms with Crippen LogP contribution in [0.5, 0.6) is 0 Å². The maximum atomic E-state index is 12.1. The van der Waals surface area contributed by atoms with Gasteiger partial charge >= 0.3 is 5.97 Å². The van der Waals surface area contributed by atoms with Gasteiger partial charge in [0, 0.05) is 5.02 Å². The van der Waals surface area contributed by atoms with Crippen molar-refractivity contribution in [2.45, 2.75) is 29.9 Å². The number of carbonyl (C=O) groups is 1. The first-order valence-corrected chi connectivity index (χ1v) is 8.26. The number of benzene rings is 1. The molecule has 8 heteroatoms. The van der Waals surface area contributed by atoms with Crippen LogP contribution in [0.1, 0.15) is 10.4 Å². The van der Waals surface area contributed by atoms with Crippen molar-refractivity contribution in [3.63, 3.8) is 0 Å². The van der Waals surface area contributed by atoms with Gasteiger partial charge in [-0.2, -0.15) is 0 Å². The largest absolute Gasteiger partial charge is 0.452 e. The molecule has 0 saturated carbocycles. The highest BCUT2D eigenvalue weighted by molar-refractivity contribution is 7.99. The zero-order valence-electron chi connectivity index (χ0n) is 11.8. The fourth-order valence-corrected chi connectivity index (χ4v) is 3.01. The lowest BCUT2D eigenvalue weighted by atomic mass is 10.00. The van der Waals surface area contributed by atoms with Gasteiger partial charge in [-0.25, -0.2) is 4.79 Å². The van der Waals surface area contributed by atoms with E-state index in [1.807, 2.05) is 0 Å². The van der Waals surface area contributed by atoms with E-state index in [1.165, 1.54) is 23.9 Å². The summed E-state index contributed by atoms with van der Waals surface area (Å²) in [7, 11) is 0. The van der Waals surface area contributed by atoms with E-state index in [-0.39, 0.29) is 5.56 Å². The number of rotatable bonds is 4. The van der Waals surface area contributed by atoms with Gasteiger partial charge in [0.2, 0.25) is 0 Å². The molecule has 22 heavy (non-hydrogen) atoms. The van der Waals surface area contributed by atoms with E-state index in [4.69, 9.17) is 26.2 Å². The Hall–Kier alpha value is -0.830. The average Bonchev–Trinajstić information content (AvgIpc) is 2.52. The Balaban J connectivity index is 2.12. The summed E-state index contributed by atoms with van der Waals surface area (Å²) < 4.78 is 10.7. The summed E-state index contributed by atoms with van der Waals surface area (Å²) in [6.07, 6.45) is -2.93. The predicted octanol–water partition coefficient (Wildman–Crippen LogP) is 0.667. The van der Waals surface area contributed by atoms with Crippen molar-refractivity contribution in [3.05, 3.63) is 34.9 Å². The first-order valence-electron chi connectivity index (χ1n) is 6.59. The zero-order chi connectivity index (χ0) is 16.3. The Kier molecular flexibility index (Phi) is 6.08. The molecule has 2 rings (SSSR count). The van der Waals surface area contributed by atoms with Gasteiger partial charge in [-0.3, -0.25) is 0 Å². The zero-order valence-corrected chi connectivity index (χ0v) is 13.3. The quantitative estimate of drug-likeness (QED) is 0.688. The molecule has 0 radical (unpaired) electrons. The first kappa shape index (κ1) is 17.5. The summed E-state index contributed by atoms with van der Waals surface area (Å²) in [5.41, 5.74) is -0.415. The number of carbonyl (C=O) groups excluding carboxylic acids is 1. The van der Waals surface area contributed by atoms with Crippen LogP contribution in [0, 0.1) is 0 Å². The second kappa shape index (κ2) is 7.63. The first-order chi connectivity index (χ1) is 10.5. The van der Waals surface area contributed by atoms with Gasteiger partial charge in [0.15, 0.2) is 6.10 Å². The fraction of sp³-hybridized carbons (Fsp3) is 0.500. The monoisotopic (exact) mass is 348 g/mol. The minimum Gasteiger partial charge on any atom is -0.452 e. The Morgan fingerprint density at radius 3 is 2.50 bits per heavy atom. The highest BCUT2D eigenvalue weighted by atomic mass is 35.5. The van der Waals surface area contributed by atoms with E-state index >= 15 is 0 Å². The highest BCUT2D eigenvalue weighted by Crippen LogP contribution is 2.29. The molecule has 1 aliphatic heterocycles. The lowest BCUT2D eigenvalue weighted by molar-refractivity contribution is -0.206. The third kappa shape index (κ3) is 3.73. The van der Waals surface area contributed by atoms with Gasteiger partial charge in [-0.15, -0.1) is 11.8 Å². The molecule has 1 aliphatic rings. The third-order valence-corrected chi connectivity index (χ3v) is 4.48. The van der Waals surface area contributed by atoms with Crippen molar-refractivity contribution in [1.82, 2.24) is 0 Å². The fourth-order valence-electron chi connectivity index (χ4n) is 2.15. The topological polar surface area (TPSA) is 96.2 Å². The lowest BCUT2D eigenvalue weighted by Gasteiger charge is -2.41. The van der Waals surface area contributed by atoms with Crippen molar-refractivity contribution in [3.8, 4) is 0 Å². The summed E-state index contributed by atoms with van der Waals surface area (Å²) in [5, 5.41) is 29.6. The normalized spacial score (nSPS) is 31.8. The molecule has 1 saturated heterocycles. The van der Waals surface area contributed by atoms with Crippen molar-refractivity contribution >= 4 is 29.3 Å². The molecule has 1 aromatic rings. The molecule has 122 valence electrons. The number of esters is 1. The van der Waals surface area contributed by atoms with Crippen LogP contribution < -0.4 is 0 Å². The number of aliphatic hydroxyl groups excluding tert-OH is 3. The molecule has 0 bridgehead atoms. The van der Waals surface area contributed by atoms with Crippen LogP contribution >= 0.6 is 23.4 Å². The predicted molar refractivity (Wildman–Crippen MR) is 81.9 cm³/mol. The molecule has 1 unspecified atom stereocenters. The second-order valence-corrected chi connectivity index (χ2v) is 6.19. The van der Waals surface area contributed by atoms with Gasteiger partial charge in [0.25, 0.3) is 0 Å². The van der Waals surface area contributed by atoms with Crippen LogP contribution in [0.3, 0.4) is 0 Å². The minimum absolute atomic E-state index is 0.273. The van der Waals surface area contributed by atoms with Gasteiger partial charge in [0.1, 0.15) is 23.7 Å². The smallest absolute Gasteiger partial charge is 0.338 e. The van der Waals surface area contributed by atoms with Crippen LogP contribution in [0.25, 0.3) is 0 Å².